The third-order valence-electron chi connectivity index (χ3n) is 2.85. The monoisotopic (exact) mass is 225 g/mol. The van der Waals surface area contributed by atoms with E-state index < -0.39 is 0 Å². The first-order chi connectivity index (χ1) is 7.16. The molecule has 0 saturated carbocycles. The van der Waals surface area contributed by atoms with Gasteiger partial charge in [0, 0.05) is 25.0 Å². The maximum Gasteiger partial charge on any atom is 0.225 e. The molecular weight excluding hydrogens is 210 g/mol. The van der Waals surface area contributed by atoms with Crippen LogP contribution in [-0.2, 0) is 0 Å². The second-order valence-electron chi connectivity index (χ2n) is 4.24. The van der Waals surface area contributed by atoms with E-state index in [2.05, 4.69) is 21.8 Å². The largest absolute Gasteiger partial charge is 0.337 e. The lowest BCUT2D eigenvalue weighted by atomic mass is 10.0. The summed E-state index contributed by atoms with van der Waals surface area (Å²) in [6.07, 6.45) is 5.91. The Morgan fingerprint density at radius 3 is 2.67 bits per heavy atom. The minimum absolute atomic E-state index is 0.228. The molecule has 1 aromatic heterocycles. The maximum atomic E-state index is 6.16. The number of aromatic nitrogens is 2. The molecule has 1 saturated heterocycles. The first kappa shape index (κ1) is 10.7. The van der Waals surface area contributed by atoms with Crippen LogP contribution in [0.3, 0.4) is 0 Å². The standard InChI is InChI=1S/C11H16ClN3/c1-8-5-13-11(14-6-8)15-7-10(12)4-3-9(15)2/h5-6,9-10H,3-4,7H2,1-2H3. The molecule has 2 heterocycles. The fraction of sp³-hybridized carbons (Fsp3) is 0.636. The molecule has 0 bridgehead atoms. The van der Waals surface area contributed by atoms with Gasteiger partial charge in [0.1, 0.15) is 0 Å². The van der Waals surface area contributed by atoms with Crippen LogP contribution in [0.25, 0.3) is 0 Å². The van der Waals surface area contributed by atoms with Gasteiger partial charge in [-0.15, -0.1) is 11.6 Å². The van der Waals surface area contributed by atoms with Gasteiger partial charge in [0.15, 0.2) is 0 Å². The lowest BCUT2D eigenvalue weighted by molar-refractivity contribution is 0.482. The summed E-state index contributed by atoms with van der Waals surface area (Å²) in [4.78, 5) is 10.9. The molecule has 2 atom stereocenters. The summed E-state index contributed by atoms with van der Waals surface area (Å²) in [5.41, 5.74) is 1.09. The van der Waals surface area contributed by atoms with E-state index >= 15 is 0 Å². The van der Waals surface area contributed by atoms with Crippen molar-refractivity contribution in [2.24, 2.45) is 0 Å². The molecule has 1 fully saturated rings. The molecule has 2 unspecified atom stereocenters. The number of hydrogen-bond donors (Lipinski definition) is 0. The molecule has 4 heteroatoms. The molecule has 3 nitrogen and oxygen atoms in total. The number of nitrogens with zero attached hydrogens (tertiary/aromatic N) is 3. The molecule has 1 aliphatic rings. The molecule has 0 radical (unpaired) electrons. The Hall–Kier alpha value is -0.830. The highest BCUT2D eigenvalue weighted by Gasteiger charge is 2.25. The van der Waals surface area contributed by atoms with Crippen molar-refractivity contribution in [1.82, 2.24) is 9.97 Å². The van der Waals surface area contributed by atoms with Crippen LogP contribution in [0.4, 0.5) is 5.95 Å². The van der Waals surface area contributed by atoms with E-state index in [1.54, 1.807) is 0 Å². The van der Waals surface area contributed by atoms with Crippen LogP contribution in [0.5, 0.6) is 0 Å². The van der Waals surface area contributed by atoms with Crippen LogP contribution in [0.2, 0.25) is 0 Å². The van der Waals surface area contributed by atoms with Gasteiger partial charge < -0.3 is 4.90 Å². The highest BCUT2D eigenvalue weighted by molar-refractivity contribution is 6.21. The quantitative estimate of drug-likeness (QED) is 0.688. The Bertz CT molecular complexity index is 325. The number of aryl methyl sites for hydroxylation is 1. The SMILES string of the molecule is Cc1cnc(N2CC(Cl)CCC2C)nc1. The van der Waals surface area contributed by atoms with Crippen LogP contribution in [0.15, 0.2) is 12.4 Å². The predicted octanol–water partition coefficient (Wildman–Crippen LogP) is 2.38. The topological polar surface area (TPSA) is 29.0 Å². The molecule has 0 aromatic carbocycles. The second kappa shape index (κ2) is 4.35. The van der Waals surface area contributed by atoms with Crippen molar-refractivity contribution in [2.75, 3.05) is 11.4 Å². The summed E-state index contributed by atoms with van der Waals surface area (Å²) in [6, 6.07) is 0.489. The molecule has 0 amide bonds. The highest BCUT2D eigenvalue weighted by atomic mass is 35.5. The van der Waals surface area contributed by atoms with Gasteiger partial charge in [0.05, 0.1) is 5.38 Å². The van der Waals surface area contributed by atoms with Crippen molar-refractivity contribution in [3.05, 3.63) is 18.0 Å². The van der Waals surface area contributed by atoms with Crippen molar-refractivity contribution in [2.45, 2.75) is 38.1 Å². The summed E-state index contributed by atoms with van der Waals surface area (Å²) in [6.45, 7) is 5.05. The highest BCUT2D eigenvalue weighted by Crippen LogP contribution is 2.23. The van der Waals surface area contributed by atoms with Crippen molar-refractivity contribution >= 4 is 17.5 Å². The fourth-order valence-electron chi connectivity index (χ4n) is 1.88. The second-order valence-corrected chi connectivity index (χ2v) is 4.85. The number of anilines is 1. The van der Waals surface area contributed by atoms with Gasteiger partial charge in [-0.1, -0.05) is 0 Å². The summed E-state index contributed by atoms with van der Waals surface area (Å²) in [5.74, 6) is 0.804. The Balaban J connectivity index is 2.17. The number of alkyl halides is 1. The molecular formula is C11H16ClN3. The van der Waals surface area contributed by atoms with E-state index in [9.17, 15) is 0 Å². The summed E-state index contributed by atoms with van der Waals surface area (Å²) in [7, 11) is 0. The van der Waals surface area contributed by atoms with Crippen molar-refractivity contribution in [3.8, 4) is 0 Å². The first-order valence-corrected chi connectivity index (χ1v) is 5.80. The van der Waals surface area contributed by atoms with Crippen molar-refractivity contribution < 1.29 is 0 Å². The zero-order valence-electron chi connectivity index (χ0n) is 9.15. The molecule has 0 spiro atoms. The van der Waals surface area contributed by atoms with Gasteiger partial charge in [-0.3, -0.25) is 0 Å². The average molecular weight is 226 g/mol. The minimum Gasteiger partial charge on any atom is -0.337 e. The van der Waals surface area contributed by atoms with Crippen LogP contribution >= 0.6 is 11.6 Å². The zero-order valence-corrected chi connectivity index (χ0v) is 9.91. The average Bonchev–Trinajstić information content (AvgIpc) is 2.23. The molecule has 1 aliphatic heterocycles. The van der Waals surface area contributed by atoms with E-state index in [1.807, 2.05) is 19.3 Å². The molecule has 2 rings (SSSR count). The Morgan fingerprint density at radius 1 is 1.33 bits per heavy atom. The fourth-order valence-corrected chi connectivity index (χ4v) is 2.15. The molecule has 1 aromatic rings. The van der Waals surface area contributed by atoms with Gasteiger partial charge in [0.25, 0.3) is 0 Å². The lowest BCUT2D eigenvalue weighted by Gasteiger charge is -2.35. The molecule has 82 valence electrons. The third-order valence-corrected chi connectivity index (χ3v) is 3.20. The van der Waals surface area contributed by atoms with E-state index in [0.29, 0.717) is 6.04 Å². The molecule has 0 aliphatic carbocycles. The van der Waals surface area contributed by atoms with Gasteiger partial charge in [-0.05, 0) is 32.3 Å². The van der Waals surface area contributed by atoms with E-state index in [-0.39, 0.29) is 5.38 Å². The van der Waals surface area contributed by atoms with Crippen molar-refractivity contribution in [3.63, 3.8) is 0 Å². The number of rotatable bonds is 1. The number of halogens is 1. The third kappa shape index (κ3) is 2.40. The first-order valence-electron chi connectivity index (χ1n) is 5.36. The van der Waals surface area contributed by atoms with Crippen LogP contribution in [-0.4, -0.2) is 27.9 Å². The minimum atomic E-state index is 0.228. The van der Waals surface area contributed by atoms with E-state index in [4.69, 9.17) is 11.6 Å². The van der Waals surface area contributed by atoms with Crippen LogP contribution < -0.4 is 4.90 Å². The van der Waals surface area contributed by atoms with E-state index in [1.165, 1.54) is 0 Å². The van der Waals surface area contributed by atoms with Crippen LogP contribution in [0, 0.1) is 6.92 Å². The molecule has 0 N–H and O–H groups in total. The van der Waals surface area contributed by atoms with Gasteiger partial charge in [0.2, 0.25) is 5.95 Å². The Kier molecular flexibility index (Phi) is 3.10. The maximum absolute atomic E-state index is 6.16. The summed E-state index contributed by atoms with van der Waals surface area (Å²) in [5, 5.41) is 0.228. The number of hydrogen-bond acceptors (Lipinski definition) is 3. The van der Waals surface area contributed by atoms with Gasteiger partial charge in [-0.25, -0.2) is 9.97 Å². The van der Waals surface area contributed by atoms with Crippen LogP contribution in [0.1, 0.15) is 25.3 Å². The van der Waals surface area contributed by atoms with E-state index in [0.717, 1.165) is 30.9 Å². The zero-order chi connectivity index (χ0) is 10.8. The lowest BCUT2D eigenvalue weighted by Crippen LogP contribution is -2.43. The van der Waals surface area contributed by atoms with Gasteiger partial charge in [-0.2, -0.15) is 0 Å². The van der Waals surface area contributed by atoms with Crippen molar-refractivity contribution in [1.29, 1.82) is 0 Å². The Morgan fingerprint density at radius 2 is 2.00 bits per heavy atom. The van der Waals surface area contributed by atoms with Gasteiger partial charge >= 0.3 is 0 Å². The summed E-state index contributed by atoms with van der Waals surface area (Å²) < 4.78 is 0. The predicted molar refractivity (Wildman–Crippen MR) is 62.5 cm³/mol. The normalized spacial score (nSPS) is 26.7. The molecule has 15 heavy (non-hydrogen) atoms. The Labute approximate surface area is 95.5 Å². The number of piperidine rings is 1. The smallest absolute Gasteiger partial charge is 0.225 e. The summed E-state index contributed by atoms with van der Waals surface area (Å²) >= 11 is 6.16.